The molecule has 0 aromatic heterocycles. The van der Waals surface area contributed by atoms with Gasteiger partial charge in [0.1, 0.15) is 0 Å². The molecule has 0 radical (unpaired) electrons. The third-order valence-corrected chi connectivity index (χ3v) is 4.53. The molecule has 0 spiro atoms. The fraction of sp³-hybridized carbons (Fsp3) is 0.818. The zero-order valence-corrected chi connectivity index (χ0v) is 13.0. The van der Waals surface area contributed by atoms with E-state index in [1.165, 1.54) is 6.92 Å². The number of carbonyl (C=O) groups excluding carboxylic acids is 1. The molecule has 6 nitrogen and oxygen atoms in total. The van der Waals surface area contributed by atoms with Crippen LogP contribution in [0.4, 0.5) is 4.79 Å². The maximum absolute atomic E-state index is 11.3. The molecule has 0 rings (SSSR count). The van der Waals surface area contributed by atoms with E-state index in [1.54, 1.807) is 20.8 Å². The molecule has 0 aliphatic rings. The van der Waals surface area contributed by atoms with Gasteiger partial charge in [-0.05, 0) is 0 Å². The molecule has 106 valence electrons. The topological polar surface area (TPSA) is 102 Å². The van der Waals surface area contributed by atoms with Crippen molar-refractivity contribution in [3.8, 4) is 0 Å². The zero-order valence-electron chi connectivity index (χ0n) is 11.3. The van der Waals surface area contributed by atoms with Gasteiger partial charge in [0, 0.05) is 0 Å². The molecule has 18 heavy (non-hydrogen) atoms. The second kappa shape index (κ2) is 6.97. The molecule has 4 N–H and O–H groups in total. The number of aliphatic carboxylic acids is 1. The number of rotatable bonds is 6. The quantitative estimate of drug-likeness (QED) is 0.496. The van der Waals surface area contributed by atoms with Crippen LogP contribution >= 0.6 is 0 Å². The summed E-state index contributed by atoms with van der Waals surface area (Å²) in [6, 6.07) is 0. The minimum absolute atomic E-state index is 0.0803. The molecule has 0 bridgehead atoms. The van der Waals surface area contributed by atoms with Gasteiger partial charge < -0.3 is 0 Å². The van der Waals surface area contributed by atoms with Gasteiger partial charge in [0.2, 0.25) is 0 Å². The summed E-state index contributed by atoms with van der Waals surface area (Å²) in [4.78, 5) is 22.0. The first-order chi connectivity index (χ1) is 8.04. The van der Waals surface area contributed by atoms with Crippen LogP contribution in [0.5, 0.6) is 0 Å². The van der Waals surface area contributed by atoms with E-state index >= 15 is 0 Å². The molecule has 0 heterocycles. The zero-order chi connectivity index (χ0) is 14.4. The fourth-order valence-corrected chi connectivity index (χ4v) is 2.85. The normalized spacial score (nSPS) is 14.7. The molecule has 0 aliphatic heterocycles. The van der Waals surface area contributed by atoms with E-state index in [0.717, 1.165) is 5.32 Å². The van der Waals surface area contributed by atoms with Crippen LogP contribution in [0, 0.1) is 0 Å². The summed E-state index contributed by atoms with van der Waals surface area (Å²) in [6.45, 7) is 7.36. The van der Waals surface area contributed by atoms with E-state index in [2.05, 4.69) is 5.32 Å². The first kappa shape index (κ1) is 17.2. The van der Waals surface area contributed by atoms with E-state index in [1.807, 2.05) is 0 Å². The number of hydrogen-bond donors (Lipinski definition) is 3. The van der Waals surface area contributed by atoms with Crippen molar-refractivity contribution in [2.45, 2.75) is 49.5 Å². The predicted octanol–water partition coefficient (Wildman–Crippen LogP) is 0.854. The molecule has 0 aromatic rings. The SMILES string of the molecule is CC(C)(C)OC(=O)NCC[Se]C[C@](C)(N)C(=O)O. The van der Waals surface area contributed by atoms with Crippen molar-refractivity contribution in [2.75, 3.05) is 6.54 Å². The number of nitrogens with two attached hydrogens (primary N) is 1. The summed E-state index contributed by atoms with van der Waals surface area (Å²) in [5.74, 6) is -0.996. The summed E-state index contributed by atoms with van der Waals surface area (Å²) < 4.78 is 5.06. The first-order valence-corrected chi connectivity index (χ1v) is 8.04. The molecule has 1 atom stereocenters. The number of carboxylic acid groups (broad SMARTS) is 1. The van der Waals surface area contributed by atoms with E-state index in [4.69, 9.17) is 15.6 Å². The number of hydrogen-bond acceptors (Lipinski definition) is 4. The van der Waals surface area contributed by atoms with Gasteiger partial charge in [-0.15, -0.1) is 0 Å². The van der Waals surface area contributed by atoms with Crippen LogP contribution in [-0.2, 0) is 9.53 Å². The van der Waals surface area contributed by atoms with Gasteiger partial charge in [-0.3, -0.25) is 0 Å². The van der Waals surface area contributed by atoms with Crippen LogP contribution in [0.25, 0.3) is 0 Å². The van der Waals surface area contributed by atoms with Crippen LogP contribution in [-0.4, -0.2) is 49.8 Å². The molecule has 0 fully saturated rings. The summed E-state index contributed by atoms with van der Waals surface area (Å²) in [5, 5.41) is 12.6. The Kier molecular flexibility index (Phi) is 6.67. The third kappa shape index (κ3) is 8.33. The van der Waals surface area contributed by atoms with E-state index in [0.29, 0.717) is 11.9 Å². The van der Waals surface area contributed by atoms with Gasteiger partial charge in [-0.2, -0.15) is 0 Å². The van der Waals surface area contributed by atoms with Crippen LogP contribution in [0.3, 0.4) is 0 Å². The minimum atomic E-state index is -1.17. The van der Waals surface area contributed by atoms with Gasteiger partial charge in [0.05, 0.1) is 0 Å². The van der Waals surface area contributed by atoms with Crippen LogP contribution in [0.15, 0.2) is 0 Å². The fourth-order valence-electron chi connectivity index (χ4n) is 0.885. The molecule has 0 unspecified atom stereocenters. The number of alkyl carbamates (subject to hydrolysis) is 1. The van der Waals surface area contributed by atoms with E-state index in [-0.39, 0.29) is 15.0 Å². The van der Waals surface area contributed by atoms with Crippen molar-refractivity contribution in [3.63, 3.8) is 0 Å². The number of carbonyl (C=O) groups is 2. The van der Waals surface area contributed by atoms with Gasteiger partial charge in [0.25, 0.3) is 0 Å². The van der Waals surface area contributed by atoms with Crippen molar-refractivity contribution in [2.24, 2.45) is 5.73 Å². The Balaban J connectivity index is 3.70. The van der Waals surface area contributed by atoms with Crippen LogP contribution in [0.1, 0.15) is 27.7 Å². The Morgan fingerprint density at radius 1 is 1.33 bits per heavy atom. The number of amides is 1. The Morgan fingerprint density at radius 2 is 1.89 bits per heavy atom. The molecule has 0 saturated carbocycles. The van der Waals surface area contributed by atoms with Gasteiger partial charge in [-0.1, -0.05) is 0 Å². The van der Waals surface area contributed by atoms with Gasteiger partial charge in [0.15, 0.2) is 0 Å². The molecule has 7 heteroatoms. The van der Waals surface area contributed by atoms with Gasteiger partial charge in [-0.25, -0.2) is 0 Å². The Morgan fingerprint density at radius 3 is 2.33 bits per heavy atom. The Hall–Kier alpha value is -0.781. The number of ether oxygens (including phenoxy) is 1. The molecule has 0 aliphatic carbocycles. The summed E-state index contributed by atoms with van der Waals surface area (Å²) in [6.07, 6.45) is -0.452. The molecule has 1 amide bonds. The van der Waals surface area contributed by atoms with E-state index in [9.17, 15) is 9.59 Å². The second-order valence-corrected chi connectivity index (χ2v) is 7.52. The maximum atomic E-state index is 11.3. The molecule has 0 aromatic carbocycles. The van der Waals surface area contributed by atoms with Crippen molar-refractivity contribution in [1.82, 2.24) is 5.32 Å². The standard InChI is InChI=1S/C11H22N2O4Se/c1-10(2,3)17-9(16)13-5-6-18-7-11(4,12)8(14)15/h5-7,12H2,1-4H3,(H,13,16)(H,14,15)/t11-/m0/s1. The van der Waals surface area contributed by atoms with Crippen molar-refractivity contribution < 1.29 is 19.4 Å². The second-order valence-electron chi connectivity index (χ2n) is 5.20. The van der Waals surface area contributed by atoms with Crippen LogP contribution < -0.4 is 11.1 Å². The van der Waals surface area contributed by atoms with E-state index < -0.39 is 23.2 Å². The first-order valence-electron chi connectivity index (χ1n) is 5.61. The van der Waals surface area contributed by atoms with Crippen molar-refractivity contribution >= 4 is 27.0 Å². The molecular weight excluding hydrogens is 303 g/mol. The Labute approximate surface area is 114 Å². The average Bonchev–Trinajstić information content (AvgIpc) is 2.13. The van der Waals surface area contributed by atoms with Crippen molar-refractivity contribution in [3.05, 3.63) is 0 Å². The average molecular weight is 325 g/mol. The summed E-state index contributed by atoms with van der Waals surface area (Å²) in [7, 11) is 0. The van der Waals surface area contributed by atoms with Gasteiger partial charge >= 0.3 is 114 Å². The number of nitrogens with one attached hydrogen (secondary N) is 1. The summed E-state index contributed by atoms with van der Waals surface area (Å²) in [5.41, 5.74) is 3.91. The molecular formula is C11H22N2O4Se. The Bertz CT molecular complexity index is 300. The van der Waals surface area contributed by atoms with Crippen LogP contribution in [0.2, 0.25) is 10.6 Å². The predicted molar refractivity (Wildman–Crippen MR) is 69.8 cm³/mol. The summed E-state index contributed by atoms with van der Waals surface area (Å²) >= 11 is 0.0803. The third-order valence-electron chi connectivity index (χ3n) is 1.81. The number of carboxylic acids is 1. The molecule has 0 saturated heterocycles. The monoisotopic (exact) mass is 326 g/mol. The van der Waals surface area contributed by atoms with Crippen molar-refractivity contribution in [1.29, 1.82) is 0 Å².